The smallest absolute Gasteiger partial charge is 0.118 e. The SMILES string of the molecule is [CH2]Cc1ccc(SCc2ccc(OC)cc2)cc1. The van der Waals surface area contributed by atoms with Crippen molar-refractivity contribution in [1.82, 2.24) is 0 Å². The molecule has 2 rings (SSSR count). The van der Waals surface area contributed by atoms with Crippen molar-refractivity contribution in [3.8, 4) is 5.75 Å². The van der Waals surface area contributed by atoms with Crippen molar-refractivity contribution >= 4 is 11.8 Å². The first kappa shape index (κ1) is 13.0. The monoisotopic (exact) mass is 257 g/mol. The van der Waals surface area contributed by atoms with E-state index in [0.717, 1.165) is 17.9 Å². The van der Waals surface area contributed by atoms with E-state index in [2.05, 4.69) is 43.3 Å². The van der Waals surface area contributed by atoms with E-state index in [4.69, 9.17) is 4.74 Å². The van der Waals surface area contributed by atoms with Crippen LogP contribution in [-0.2, 0) is 12.2 Å². The van der Waals surface area contributed by atoms with Crippen LogP contribution in [0.4, 0.5) is 0 Å². The second-order valence-corrected chi connectivity index (χ2v) is 5.08. The fourth-order valence-electron chi connectivity index (χ4n) is 1.64. The lowest BCUT2D eigenvalue weighted by Crippen LogP contribution is -1.84. The van der Waals surface area contributed by atoms with Crippen LogP contribution >= 0.6 is 11.8 Å². The van der Waals surface area contributed by atoms with Gasteiger partial charge in [0.1, 0.15) is 5.75 Å². The third kappa shape index (κ3) is 3.54. The topological polar surface area (TPSA) is 9.23 Å². The Labute approximate surface area is 113 Å². The average molecular weight is 257 g/mol. The number of thioether (sulfide) groups is 1. The van der Waals surface area contributed by atoms with Crippen LogP contribution in [0.25, 0.3) is 0 Å². The average Bonchev–Trinajstić information content (AvgIpc) is 2.46. The molecule has 0 unspecified atom stereocenters. The lowest BCUT2D eigenvalue weighted by molar-refractivity contribution is 0.414. The summed E-state index contributed by atoms with van der Waals surface area (Å²) in [5.41, 5.74) is 2.59. The summed E-state index contributed by atoms with van der Waals surface area (Å²) in [5.74, 6) is 1.89. The summed E-state index contributed by atoms with van der Waals surface area (Å²) in [7, 11) is 1.69. The van der Waals surface area contributed by atoms with Gasteiger partial charge < -0.3 is 4.74 Å². The Morgan fingerprint density at radius 3 is 2.11 bits per heavy atom. The molecular formula is C16H17OS. The molecule has 0 aliphatic heterocycles. The van der Waals surface area contributed by atoms with Crippen molar-refractivity contribution in [2.75, 3.05) is 7.11 Å². The molecule has 0 saturated heterocycles. The normalized spacial score (nSPS) is 10.3. The van der Waals surface area contributed by atoms with E-state index >= 15 is 0 Å². The van der Waals surface area contributed by atoms with Crippen LogP contribution in [0.1, 0.15) is 11.1 Å². The van der Waals surface area contributed by atoms with Gasteiger partial charge in [0.2, 0.25) is 0 Å². The minimum absolute atomic E-state index is 0.851. The van der Waals surface area contributed by atoms with E-state index in [0.29, 0.717) is 0 Å². The van der Waals surface area contributed by atoms with Gasteiger partial charge in [-0.2, -0.15) is 0 Å². The Balaban J connectivity index is 1.93. The molecule has 0 aliphatic rings. The summed E-state index contributed by atoms with van der Waals surface area (Å²) >= 11 is 1.84. The maximum atomic E-state index is 5.14. The standard InChI is InChI=1S/C16H17OS/c1-3-13-6-10-16(11-7-13)18-12-14-4-8-15(17-2)9-5-14/h4-11H,1,3,12H2,2H3. The molecule has 0 spiro atoms. The number of hydrogen-bond donors (Lipinski definition) is 0. The van der Waals surface area contributed by atoms with Crippen LogP contribution in [0.2, 0.25) is 0 Å². The van der Waals surface area contributed by atoms with E-state index < -0.39 is 0 Å². The van der Waals surface area contributed by atoms with Gasteiger partial charge in [-0.05, 0) is 48.7 Å². The fourth-order valence-corrected chi connectivity index (χ4v) is 2.50. The van der Waals surface area contributed by atoms with Gasteiger partial charge in [0.05, 0.1) is 7.11 Å². The Hall–Kier alpha value is -1.41. The van der Waals surface area contributed by atoms with E-state index in [-0.39, 0.29) is 0 Å². The zero-order valence-corrected chi connectivity index (χ0v) is 11.4. The van der Waals surface area contributed by atoms with Crippen LogP contribution < -0.4 is 4.74 Å². The predicted molar refractivity (Wildman–Crippen MR) is 78.1 cm³/mol. The van der Waals surface area contributed by atoms with Gasteiger partial charge in [-0.3, -0.25) is 0 Å². The lowest BCUT2D eigenvalue weighted by atomic mass is 10.2. The number of ether oxygens (including phenoxy) is 1. The molecular weight excluding hydrogens is 240 g/mol. The Morgan fingerprint density at radius 1 is 0.944 bits per heavy atom. The Morgan fingerprint density at radius 2 is 1.56 bits per heavy atom. The molecule has 0 fully saturated rings. The molecule has 0 aromatic heterocycles. The zero-order valence-electron chi connectivity index (χ0n) is 10.6. The number of hydrogen-bond acceptors (Lipinski definition) is 2. The van der Waals surface area contributed by atoms with Crippen molar-refractivity contribution in [2.24, 2.45) is 0 Å². The molecule has 2 heteroatoms. The van der Waals surface area contributed by atoms with Crippen LogP contribution in [0, 0.1) is 6.92 Å². The summed E-state index contributed by atoms with van der Waals surface area (Å²) in [5, 5.41) is 0. The highest BCUT2D eigenvalue weighted by molar-refractivity contribution is 7.98. The van der Waals surface area contributed by atoms with Gasteiger partial charge in [0.25, 0.3) is 0 Å². The molecule has 1 radical (unpaired) electrons. The first-order valence-electron chi connectivity index (χ1n) is 5.96. The molecule has 0 atom stereocenters. The van der Waals surface area contributed by atoms with Crippen molar-refractivity contribution in [2.45, 2.75) is 17.1 Å². The highest BCUT2D eigenvalue weighted by Crippen LogP contribution is 2.24. The van der Waals surface area contributed by atoms with Crippen LogP contribution in [0.3, 0.4) is 0 Å². The van der Waals surface area contributed by atoms with Gasteiger partial charge in [0.15, 0.2) is 0 Å². The summed E-state index contributed by atoms with van der Waals surface area (Å²) in [6, 6.07) is 16.8. The predicted octanol–water partition coefficient (Wildman–Crippen LogP) is 4.36. The maximum absolute atomic E-state index is 5.14. The maximum Gasteiger partial charge on any atom is 0.118 e. The van der Waals surface area contributed by atoms with Gasteiger partial charge in [-0.1, -0.05) is 24.3 Å². The summed E-state index contributed by atoms with van der Waals surface area (Å²) in [4.78, 5) is 1.29. The molecule has 93 valence electrons. The summed E-state index contributed by atoms with van der Waals surface area (Å²) < 4.78 is 5.14. The zero-order chi connectivity index (χ0) is 12.8. The number of methoxy groups -OCH3 is 1. The minimum atomic E-state index is 0.851. The highest BCUT2D eigenvalue weighted by atomic mass is 32.2. The van der Waals surface area contributed by atoms with Crippen molar-refractivity contribution in [1.29, 1.82) is 0 Å². The Kier molecular flexibility index (Phi) is 4.71. The second kappa shape index (κ2) is 6.50. The number of benzene rings is 2. The van der Waals surface area contributed by atoms with E-state index in [1.54, 1.807) is 7.11 Å². The van der Waals surface area contributed by atoms with Crippen LogP contribution in [-0.4, -0.2) is 7.11 Å². The van der Waals surface area contributed by atoms with Gasteiger partial charge in [-0.25, -0.2) is 0 Å². The van der Waals surface area contributed by atoms with E-state index in [1.807, 2.05) is 23.9 Å². The van der Waals surface area contributed by atoms with Gasteiger partial charge in [0, 0.05) is 10.6 Å². The van der Waals surface area contributed by atoms with Gasteiger partial charge >= 0.3 is 0 Å². The van der Waals surface area contributed by atoms with Crippen LogP contribution in [0.15, 0.2) is 53.4 Å². The molecule has 1 nitrogen and oxygen atoms in total. The molecule has 0 aliphatic carbocycles. The molecule has 0 heterocycles. The van der Waals surface area contributed by atoms with Crippen molar-refractivity contribution in [3.63, 3.8) is 0 Å². The quantitative estimate of drug-likeness (QED) is 0.736. The molecule has 0 saturated carbocycles. The first-order valence-corrected chi connectivity index (χ1v) is 6.94. The molecule has 2 aromatic carbocycles. The van der Waals surface area contributed by atoms with Crippen LogP contribution in [0.5, 0.6) is 5.75 Å². The third-order valence-electron chi connectivity index (χ3n) is 2.78. The summed E-state index contributed by atoms with van der Waals surface area (Å²) in [6.07, 6.45) is 0.851. The summed E-state index contributed by atoms with van der Waals surface area (Å²) in [6.45, 7) is 3.88. The minimum Gasteiger partial charge on any atom is -0.497 e. The van der Waals surface area contributed by atoms with Crippen molar-refractivity contribution < 1.29 is 4.74 Å². The van der Waals surface area contributed by atoms with E-state index in [9.17, 15) is 0 Å². The second-order valence-electron chi connectivity index (χ2n) is 4.03. The third-order valence-corrected chi connectivity index (χ3v) is 3.86. The molecule has 0 N–H and O–H groups in total. The highest BCUT2D eigenvalue weighted by Gasteiger charge is 1.98. The number of rotatable bonds is 5. The molecule has 0 amide bonds. The van der Waals surface area contributed by atoms with Gasteiger partial charge in [-0.15, -0.1) is 11.8 Å². The molecule has 2 aromatic rings. The van der Waals surface area contributed by atoms with Crippen molar-refractivity contribution in [3.05, 3.63) is 66.6 Å². The lowest BCUT2D eigenvalue weighted by Gasteiger charge is -2.04. The van der Waals surface area contributed by atoms with E-state index in [1.165, 1.54) is 16.0 Å². The fraction of sp³-hybridized carbons (Fsp3) is 0.188. The Bertz CT molecular complexity index is 426. The molecule has 18 heavy (non-hydrogen) atoms. The largest absolute Gasteiger partial charge is 0.497 e. The first-order chi connectivity index (χ1) is 8.81. The molecule has 0 bridgehead atoms.